The van der Waals surface area contributed by atoms with Crippen molar-refractivity contribution in [1.82, 2.24) is 5.32 Å². The van der Waals surface area contributed by atoms with Gasteiger partial charge < -0.3 is 15.0 Å². The van der Waals surface area contributed by atoms with Crippen molar-refractivity contribution in [1.29, 1.82) is 0 Å². The van der Waals surface area contributed by atoms with Gasteiger partial charge in [0, 0.05) is 46.5 Å². The van der Waals surface area contributed by atoms with E-state index in [0.29, 0.717) is 19.6 Å². The Morgan fingerprint density at radius 1 is 1.37 bits per heavy atom. The molecule has 0 saturated carbocycles. The lowest BCUT2D eigenvalue weighted by Crippen LogP contribution is -2.22. The molecule has 1 amide bonds. The van der Waals surface area contributed by atoms with Gasteiger partial charge in [0.15, 0.2) is 0 Å². The van der Waals surface area contributed by atoms with Crippen LogP contribution in [0.2, 0.25) is 0 Å². The van der Waals surface area contributed by atoms with Crippen LogP contribution in [0.5, 0.6) is 0 Å². The Morgan fingerprint density at radius 3 is 2.68 bits per heavy atom. The SMILES string of the molecule is COCCCC(=O)NCc1ccc(N(C)C)c(C)c1. The topological polar surface area (TPSA) is 41.6 Å². The minimum absolute atomic E-state index is 0.0754. The lowest BCUT2D eigenvalue weighted by molar-refractivity contribution is -0.121. The van der Waals surface area contributed by atoms with Gasteiger partial charge in [-0.1, -0.05) is 12.1 Å². The second kappa shape index (κ2) is 7.79. The van der Waals surface area contributed by atoms with Crippen LogP contribution in [0, 0.1) is 6.92 Å². The molecule has 0 aliphatic carbocycles. The van der Waals surface area contributed by atoms with E-state index in [1.165, 1.54) is 11.3 Å². The third-order valence-corrected chi connectivity index (χ3v) is 2.98. The Bertz CT molecular complexity index is 417. The van der Waals surface area contributed by atoms with E-state index in [-0.39, 0.29) is 5.91 Å². The first-order valence-electron chi connectivity index (χ1n) is 6.57. The molecule has 0 aliphatic heterocycles. The number of aryl methyl sites for hydroxylation is 1. The average molecular weight is 264 g/mol. The summed E-state index contributed by atoms with van der Waals surface area (Å²) in [6.07, 6.45) is 1.28. The number of nitrogens with zero attached hydrogens (tertiary/aromatic N) is 1. The molecule has 1 aromatic rings. The monoisotopic (exact) mass is 264 g/mol. The normalized spacial score (nSPS) is 10.3. The molecule has 1 aromatic carbocycles. The third-order valence-electron chi connectivity index (χ3n) is 2.98. The minimum atomic E-state index is 0.0754. The highest BCUT2D eigenvalue weighted by atomic mass is 16.5. The van der Waals surface area contributed by atoms with E-state index in [2.05, 4.69) is 35.3 Å². The van der Waals surface area contributed by atoms with E-state index in [9.17, 15) is 4.79 Å². The van der Waals surface area contributed by atoms with E-state index in [0.717, 1.165) is 12.0 Å². The zero-order chi connectivity index (χ0) is 14.3. The van der Waals surface area contributed by atoms with Crippen molar-refractivity contribution >= 4 is 11.6 Å². The maximum atomic E-state index is 11.6. The summed E-state index contributed by atoms with van der Waals surface area (Å²) in [6.45, 7) is 3.30. The van der Waals surface area contributed by atoms with Gasteiger partial charge in [0.25, 0.3) is 0 Å². The molecule has 4 heteroatoms. The summed E-state index contributed by atoms with van der Waals surface area (Å²) in [6, 6.07) is 6.25. The van der Waals surface area contributed by atoms with Crippen LogP contribution in [0.15, 0.2) is 18.2 Å². The van der Waals surface area contributed by atoms with Gasteiger partial charge in [0.2, 0.25) is 5.91 Å². The van der Waals surface area contributed by atoms with Crippen LogP contribution in [0.3, 0.4) is 0 Å². The summed E-state index contributed by atoms with van der Waals surface area (Å²) in [7, 11) is 5.70. The molecule has 106 valence electrons. The van der Waals surface area contributed by atoms with Gasteiger partial charge in [-0.25, -0.2) is 0 Å². The number of rotatable bonds is 7. The predicted molar refractivity (Wildman–Crippen MR) is 78.5 cm³/mol. The summed E-state index contributed by atoms with van der Waals surface area (Å²) in [4.78, 5) is 13.7. The number of benzene rings is 1. The number of hydrogen-bond donors (Lipinski definition) is 1. The molecule has 0 spiro atoms. The highest BCUT2D eigenvalue weighted by Crippen LogP contribution is 2.18. The lowest BCUT2D eigenvalue weighted by atomic mass is 10.1. The molecule has 4 nitrogen and oxygen atoms in total. The van der Waals surface area contributed by atoms with Crippen LogP contribution >= 0.6 is 0 Å². The Kier molecular flexibility index (Phi) is 6.36. The lowest BCUT2D eigenvalue weighted by Gasteiger charge is -2.16. The Balaban J connectivity index is 2.45. The first-order valence-corrected chi connectivity index (χ1v) is 6.57. The molecule has 1 N–H and O–H groups in total. The van der Waals surface area contributed by atoms with Gasteiger partial charge >= 0.3 is 0 Å². The van der Waals surface area contributed by atoms with Crippen molar-refractivity contribution in [3.05, 3.63) is 29.3 Å². The zero-order valence-electron chi connectivity index (χ0n) is 12.3. The standard InChI is InChI=1S/C15H24N2O2/c1-12-10-13(7-8-14(12)17(2)3)11-16-15(18)6-5-9-19-4/h7-8,10H,5-6,9,11H2,1-4H3,(H,16,18). The molecule has 0 unspecified atom stereocenters. The maximum absolute atomic E-state index is 11.6. The number of ether oxygens (including phenoxy) is 1. The second-order valence-electron chi connectivity index (χ2n) is 4.89. The van der Waals surface area contributed by atoms with Gasteiger partial charge in [0.1, 0.15) is 0 Å². The molecule has 0 atom stereocenters. The molecule has 1 rings (SSSR count). The molecule has 0 aromatic heterocycles. The highest BCUT2D eigenvalue weighted by Gasteiger charge is 2.04. The van der Waals surface area contributed by atoms with Gasteiger partial charge in [-0.3, -0.25) is 4.79 Å². The van der Waals surface area contributed by atoms with Gasteiger partial charge in [0.05, 0.1) is 0 Å². The van der Waals surface area contributed by atoms with Crippen LogP contribution in [-0.2, 0) is 16.1 Å². The summed E-state index contributed by atoms with van der Waals surface area (Å²) in [5.74, 6) is 0.0754. The van der Waals surface area contributed by atoms with Gasteiger partial charge in [-0.05, 0) is 30.5 Å². The second-order valence-corrected chi connectivity index (χ2v) is 4.89. The molecule has 0 saturated heterocycles. The smallest absolute Gasteiger partial charge is 0.220 e. The molecule has 0 fully saturated rings. The van der Waals surface area contributed by atoms with Crippen LogP contribution in [0.4, 0.5) is 5.69 Å². The third kappa shape index (κ3) is 5.30. The molecular formula is C15H24N2O2. The first-order chi connectivity index (χ1) is 9.04. The first kappa shape index (κ1) is 15.5. The fourth-order valence-electron chi connectivity index (χ4n) is 2.00. The van der Waals surface area contributed by atoms with Crippen molar-refractivity contribution in [2.24, 2.45) is 0 Å². The van der Waals surface area contributed by atoms with E-state index in [1.807, 2.05) is 14.1 Å². The van der Waals surface area contributed by atoms with Crippen LogP contribution in [0.1, 0.15) is 24.0 Å². The Hall–Kier alpha value is -1.55. The van der Waals surface area contributed by atoms with Gasteiger partial charge in [-0.15, -0.1) is 0 Å². The van der Waals surface area contributed by atoms with Crippen molar-refractivity contribution in [2.75, 3.05) is 32.7 Å². The van der Waals surface area contributed by atoms with Gasteiger partial charge in [-0.2, -0.15) is 0 Å². The number of nitrogens with one attached hydrogen (secondary N) is 1. The summed E-state index contributed by atoms with van der Waals surface area (Å²) < 4.78 is 4.92. The highest BCUT2D eigenvalue weighted by molar-refractivity contribution is 5.75. The van der Waals surface area contributed by atoms with Crippen molar-refractivity contribution in [2.45, 2.75) is 26.3 Å². The van der Waals surface area contributed by atoms with E-state index in [4.69, 9.17) is 4.74 Å². The number of amides is 1. The maximum Gasteiger partial charge on any atom is 0.220 e. The quantitative estimate of drug-likeness (QED) is 0.767. The zero-order valence-corrected chi connectivity index (χ0v) is 12.3. The van der Waals surface area contributed by atoms with Crippen molar-refractivity contribution < 1.29 is 9.53 Å². The fraction of sp³-hybridized carbons (Fsp3) is 0.533. The molecule has 0 heterocycles. The number of carbonyl (C=O) groups excluding carboxylic acids is 1. The molecule has 0 aliphatic rings. The summed E-state index contributed by atoms with van der Waals surface area (Å²) in [5, 5.41) is 2.93. The number of carbonyl (C=O) groups is 1. The Morgan fingerprint density at radius 2 is 2.11 bits per heavy atom. The van der Waals surface area contributed by atoms with Crippen molar-refractivity contribution in [3.8, 4) is 0 Å². The molecule has 0 bridgehead atoms. The molecule has 19 heavy (non-hydrogen) atoms. The molecule has 0 radical (unpaired) electrons. The average Bonchev–Trinajstić information content (AvgIpc) is 2.36. The van der Waals surface area contributed by atoms with E-state index in [1.54, 1.807) is 7.11 Å². The van der Waals surface area contributed by atoms with Crippen LogP contribution in [0.25, 0.3) is 0 Å². The van der Waals surface area contributed by atoms with Crippen molar-refractivity contribution in [3.63, 3.8) is 0 Å². The van der Waals surface area contributed by atoms with Crippen LogP contribution < -0.4 is 10.2 Å². The predicted octanol–water partition coefficient (Wildman–Crippen LogP) is 2.10. The number of methoxy groups -OCH3 is 1. The summed E-state index contributed by atoms with van der Waals surface area (Å²) >= 11 is 0. The number of anilines is 1. The van der Waals surface area contributed by atoms with E-state index < -0.39 is 0 Å². The number of hydrogen-bond acceptors (Lipinski definition) is 3. The Labute approximate surface area is 115 Å². The van der Waals surface area contributed by atoms with E-state index >= 15 is 0 Å². The largest absolute Gasteiger partial charge is 0.385 e. The summed E-state index contributed by atoms with van der Waals surface area (Å²) in [5.41, 5.74) is 3.55. The fourth-order valence-corrected chi connectivity index (χ4v) is 2.00. The van der Waals surface area contributed by atoms with Crippen LogP contribution in [-0.4, -0.2) is 33.7 Å². The minimum Gasteiger partial charge on any atom is -0.385 e. The molecular weight excluding hydrogens is 240 g/mol.